The number of aliphatic hydroxyl groups excluding tert-OH is 1. The fraction of sp³-hybridized carbons (Fsp3) is 0.462. The van der Waals surface area contributed by atoms with Gasteiger partial charge >= 0.3 is 0 Å². The quantitative estimate of drug-likeness (QED) is 0.822. The average molecular weight is 252 g/mol. The molecule has 0 saturated carbocycles. The summed E-state index contributed by atoms with van der Waals surface area (Å²) < 4.78 is 5.31. The molecule has 0 heterocycles. The van der Waals surface area contributed by atoms with Crippen LogP contribution >= 0.6 is 0 Å². The van der Waals surface area contributed by atoms with Crippen molar-refractivity contribution in [3.8, 4) is 5.75 Å². The van der Waals surface area contributed by atoms with E-state index in [-0.39, 0.29) is 6.54 Å². The van der Waals surface area contributed by atoms with Crippen LogP contribution in [0.3, 0.4) is 0 Å². The van der Waals surface area contributed by atoms with Crippen LogP contribution in [-0.4, -0.2) is 37.8 Å². The largest absolute Gasteiger partial charge is 0.494 e. The molecule has 1 unspecified atom stereocenters. The molecule has 0 aliphatic rings. The van der Waals surface area contributed by atoms with Crippen molar-refractivity contribution in [2.24, 2.45) is 5.73 Å². The average Bonchev–Trinajstić information content (AvgIpc) is 2.35. The highest BCUT2D eigenvalue weighted by molar-refractivity contribution is 5.97. The van der Waals surface area contributed by atoms with Crippen molar-refractivity contribution in [1.29, 1.82) is 0 Å². The Morgan fingerprint density at radius 2 is 2.11 bits per heavy atom. The lowest BCUT2D eigenvalue weighted by molar-refractivity contribution is -0.125. The minimum absolute atomic E-state index is 0.101. The highest BCUT2D eigenvalue weighted by Gasteiger charge is 2.22. The van der Waals surface area contributed by atoms with Crippen LogP contribution in [0.1, 0.15) is 11.1 Å². The van der Waals surface area contributed by atoms with Crippen molar-refractivity contribution in [3.63, 3.8) is 0 Å². The number of aryl methyl sites for hydroxylation is 2. The van der Waals surface area contributed by atoms with E-state index in [1.807, 2.05) is 26.0 Å². The summed E-state index contributed by atoms with van der Waals surface area (Å²) in [5, 5.41) is 9.50. The zero-order valence-corrected chi connectivity index (χ0v) is 11.2. The van der Waals surface area contributed by atoms with Crippen molar-refractivity contribution in [1.82, 2.24) is 0 Å². The maximum absolute atomic E-state index is 11.9. The Morgan fingerprint density at radius 3 is 2.61 bits per heavy atom. The van der Waals surface area contributed by atoms with Gasteiger partial charge in [0.15, 0.2) is 0 Å². The van der Waals surface area contributed by atoms with Crippen molar-refractivity contribution in [3.05, 3.63) is 23.3 Å². The minimum atomic E-state index is -1.19. The maximum Gasteiger partial charge on any atom is 0.256 e. The SMILES string of the molecule is COc1c(C)cc(C)cc1N(C)C(=O)C(O)CN. The summed E-state index contributed by atoms with van der Waals surface area (Å²) in [6.45, 7) is 3.75. The summed E-state index contributed by atoms with van der Waals surface area (Å²) >= 11 is 0. The fourth-order valence-electron chi connectivity index (χ4n) is 1.89. The number of likely N-dealkylation sites (N-methyl/N-ethyl adjacent to an activating group) is 1. The molecule has 0 saturated heterocycles. The first-order valence-corrected chi connectivity index (χ1v) is 5.73. The molecule has 0 aliphatic heterocycles. The Kier molecular flexibility index (Phi) is 4.69. The summed E-state index contributed by atoms with van der Waals surface area (Å²) in [7, 11) is 3.15. The number of benzene rings is 1. The lowest BCUT2D eigenvalue weighted by atomic mass is 10.1. The standard InChI is InChI=1S/C13H20N2O3/c1-8-5-9(2)12(18-4)10(6-8)15(3)13(17)11(16)7-14/h5-6,11,16H,7,14H2,1-4H3. The Labute approximate surface area is 107 Å². The fourth-order valence-corrected chi connectivity index (χ4v) is 1.89. The molecule has 1 aromatic carbocycles. The van der Waals surface area contributed by atoms with Crippen LogP contribution in [0, 0.1) is 13.8 Å². The number of amides is 1. The molecule has 5 heteroatoms. The van der Waals surface area contributed by atoms with E-state index in [1.165, 1.54) is 4.90 Å². The number of rotatable bonds is 4. The molecule has 0 spiro atoms. The van der Waals surface area contributed by atoms with Gasteiger partial charge in [0.1, 0.15) is 11.9 Å². The molecular weight excluding hydrogens is 232 g/mol. The van der Waals surface area contributed by atoms with Gasteiger partial charge in [-0.15, -0.1) is 0 Å². The molecule has 0 aliphatic carbocycles. The molecule has 1 atom stereocenters. The Hall–Kier alpha value is -1.59. The van der Waals surface area contributed by atoms with E-state index in [9.17, 15) is 9.90 Å². The first-order chi connectivity index (χ1) is 8.42. The molecule has 1 aromatic rings. The van der Waals surface area contributed by atoms with Gasteiger partial charge in [-0.25, -0.2) is 0 Å². The van der Waals surface area contributed by atoms with Crippen LogP contribution < -0.4 is 15.4 Å². The van der Waals surface area contributed by atoms with Crippen LogP contribution in [0.25, 0.3) is 0 Å². The van der Waals surface area contributed by atoms with Gasteiger partial charge in [-0.3, -0.25) is 4.79 Å². The summed E-state index contributed by atoms with van der Waals surface area (Å²) in [6, 6.07) is 3.81. The highest BCUT2D eigenvalue weighted by Crippen LogP contribution is 2.32. The second-order valence-corrected chi connectivity index (χ2v) is 4.28. The lowest BCUT2D eigenvalue weighted by Gasteiger charge is -2.23. The van der Waals surface area contributed by atoms with Crippen LogP contribution in [0.4, 0.5) is 5.69 Å². The number of carbonyl (C=O) groups is 1. The summed E-state index contributed by atoms with van der Waals surface area (Å²) in [4.78, 5) is 13.3. The van der Waals surface area contributed by atoms with E-state index in [0.717, 1.165) is 11.1 Å². The zero-order chi connectivity index (χ0) is 13.9. The van der Waals surface area contributed by atoms with E-state index in [2.05, 4.69) is 0 Å². The van der Waals surface area contributed by atoms with Crippen LogP contribution in [0.15, 0.2) is 12.1 Å². The molecule has 0 bridgehead atoms. The minimum Gasteiger partial charge on any atom is -0.494 e. The van der Waals surface area contributed by atoms with E-state index in [4.69, 9.17) is 10.5 Å². The van der Waals surface area contributed by atoms with E-state index < -0.39 is 12.0 Å². The van der Waals surface area contributed by atoms with Gasteiger partial charge in [0.2, 0.25) is 0 Å². The molecule has 0 aromatic heterocycles. The van der Waals surface area contributed by atoms with E-state index >= 15 is 0 Å². The van der Waals surface area contributed by atoms with Gasteiger partial charge in [-0.1, -0.05) is 6.07 Å². The predicted molar refractivity (Wildman–Crippen MR) is 70.9 cm³/mol. The summed E-state index contributed by atoms with van der Waals surface area (Å²) in [6.07, 6.45) is -1.19. The number of nitrogens with zero attached hydrogens (tertiary/aromatic N) is 1. The number of aliphatic hydroxyl groups is 1. The van der Waals surface area contributed by atoms with Gasteiger partial charge in [0.05, 0.1) is 12.8 Å². The maximum atomic E-state index is 11.9. The molecule has 18 heavy (non-hydrogen) atoms. The topological polar surface area (TPSA) is 75.8 Å². The van der Waals surface area contributed by atoms with Crippen LogP contribution in [-0.2, 0) is 4.79 Å². The molecule has 1 rings (SSSR count). The number of hydrogen-bond acceptors (Lipinski definition) is 4. The third-order valence-corrected chi connectivity index (χ3v) is 2.80. The van der Waals surface area contributed by atoms with Crippen molar-refractivity contribution < 1.29 is 14.6 Å². The number of ether oxygens (including phenoxy) is 1. The van der Waals surface area contributed by atoms with Crippen molar-refractivity contribution in [2.45, 2.75) is 20.0 Å². The molecule has 5 nitrogen and oxygen atoms in total. The number of hydrogen-bond donors (Lipinski definition) is 2. The monoisotopic (exact) mass is 252 g/mol. The molecule has 0 radical (unpaired) electrons. The number of anilines is 1. The van der Waals surface area contributed by atoms with Gasteiger partial charge in [-0.05, 0) is 31.0 Å². The lowest BCUT2D eigenvalue weighted by Crippen LogP contribution is -2.40. The van der Waals surface area contributed by atoms with E-state index in [1.54, 1.807) is 14.2 Å². The van der Waals surface area contributed by atoms with Gasteiger partial charge in [0, 0.05) is 13.6 Å². The number of methoxy groups -OCH3 is 1. The second-order valence-electron chi connectivity index (χ2n) is 4.28. The Morgan fingerprint density at radius 1 is 1.50 bits per heavy atom. The van der Waals surface area contributed by atoms with Gasteiger partial charge in [0.25, 0.3) is 5.91 Å². The number of carbonyl (C=O) groups excluding carboxylic acids is 1. The summed E-state index contributed by atoms with van der Waals surface area (Å²) in [5.74, 6) is 0.182. The number of nitrogens with two attached hydrogens (primary N) is 1. The zero-order valence-electron chi connectivity index (χ0n) is 11.2. The van der Waals surface area contributed by atoms with Crippen molar-refractivity contribution in [2.75, 3.05) is 25.6 Å². The molecule has 0 fully saturated rings. The normalized spacial score (nSPS) is 12.1. The first kappa shape index (κ1) is 14.5. The molecular formula is C13H20N2O3. The summed E-state index contributed by atoms with van der Waals surface area (Å²) in [5.41, 5.74) is 7.88. The smallest absolute Gasteiger partial charge is 0.256 e. The van der Waals surface area contributed by atoms with Gasteiger partial charge in [-0.2, -0.15) is 0 Å². The Bertz CT molecular complexity index is 446. The highest BCUT2D eigenvalue weighted by atomic mass is 16.5. The van der Waals surface area contributed by atoms with Crippen LogP contribution in [0.2, 0.25) is 0 Å². The first-order valence-electron chi connectivity index (χ1n) is 5.73. The van der Waals surface area contributed by atoms with Crippen LogP contribution in [0.5, 0.6) is 5.75 Å². The second kappa shape index (κ2) is 5.84. The third-order valence-electron chi connectivity index (χ3n) is 2.80. The van der Waals surface area contributed by atoms with Gasteiger partial charge < -0.3 is 20.5 Å². The molecule has 3 N–H and O–H groups in total. The third kappa shape index (κ3) is 2.80. The predicted octanol–water partition coefficient (Wildman–Crippen LogP) is 0.594. The molecule has 1 amide bonds. The molecule has 100 valence electrons. The Balaban J connectivity index is 3.19. The van der Waals surface area contributed by atoms with E-state index in [0.29, 0.717) is 11.4 Å². The van der Waals surface area contributed by atoms with Crippen molar-refractivity contribution >= 4 is 11.6 Å².